The Morgan fingerprint density at radius 3 is 2.44 bits per heavy atom. The second kappa shape index (κ2) is 6.76. The van der Waals surface area contributed by atoms with Gasteiger partial charge in [0.05, 0.1) is 13.9 Å². The van der Waals surface area contributed by atoms with Crippen molar-refractivity contribution in [3.05, 3.63) is 34.4 Å². The van der Waals surface area contributed by atoms with Gasteiger partial charge in [-0.15, -0.1) is 23.5 Å². The highest BCUT2D eigenvalue weighted by Crippen LogP contribution is 2.52. The number of carbonyl (C=O) groups is 1. The van der Waals surface area contributed by atoms with E-state index >= 15 is 0 Å². The molecule has 2 aliphatic rings. The average molecular weight is 405 g/mol. The van der Waals surface area contributed by atoms with E-state index in [1.807, 2.05) is 0 Å². The maximum Gasteiger partial charge on any atom is 0.269 e. The van der Waals surface area contributed by atoms with E-state index < -0.39 is 31.0 Å². The predicted octanol–water partition coefficient (Wildman–Crippen LogP) is 1.04. The lowest BCUT2D eigenvalue weighted by molar-refractivity contribution is -0.384. The molecule has 0 aliphatic carbocycles. The number of sulfonamides is 1. The predicted molar refractivity (Wildman–Crippen MR) is 93.0 cm³/mol. The number of rotatable bonds is 4. The van der Waals surface area contributed by atoms with Crippen molar-refractivity contribution in [3.8, 4) is 0 Å². The molecule has 25 heavy (non-hydrogen) atoms. The minimum absolute atomic E-state index is 0.126. The Hall–Kier alpha value is -1.34. The Bertz CT molecular complexity index is 792. The molecule has 9 nitrogen and oxygen atoms in total. The van der Waals surface area contributed by atoms with Gasteiger partial charge in [0.15, 0.2) is 0 Å². The fourth-order valence-corrected chi connectivity index (χ4v) is 8.01. The number of nitrogens with one attached hydrogen (secondary N) is 1. The average Bonchev–Trinajstić information content (AvgIpc) is 3.22. The molecule has 0 aromatic heterocycles. The van der Waals surface area contributed by atoms with E-state index in [0.717, 1.165) is 40.1 Å². The number of nitro groups is 1. The molecular formula is C13H15N3O6S3. The Morgan fingerprint density at radius 1 is 1.32 bits per heavy atom. The van der Waals surface area contributed by atoms with Crippen LogP contribution in [0.2, 0.25) is 0 Å². The van der Waals surface area contributed by atoms with Crippen LogP contribution in [0.4, 0.5) is 5.69 Å². The molecule has 0 radical (unpaired) electrons. The molecular weight excluding hydrogens is 390 g/mol. The summed E-state index contributed by atoms with van der Waals surface area (Å²) >= 11 is 3.22. The number of nitro benzene ring substituents is 1. The van der Waals surface area contributed by atoms with Crippen molar-refractivity contribution in [1.29, 1.82) is 0 Å². The van der Waals surface area contributed by atoms with Gasteiger partial charge >= 0.3 is 0 Å². The molecule has 12 heteroatoms. The van der Waals surface area contributed by atoms with Gasteiger partial charge in [-0.25, -0.2) is 13.9 Å². The molecule has 2 fully saturated rings. The lowest BCUT2D eigenvalue weighted by atomic mass is 10.2. The van der Waals surface area contributed by atoms with Crippen molar-refractivity contribution >= 4 is 45.1 Å². The van der Waals surface area contributed by atoms with Crippen molar-refractivity contribution in [2.24, 2.45) is 0 Å². The van der Waals surface area contributed by atoms with Crippen molar-refractivity contribution < 1.29 is 23.3 Å². The van der Waals surface area contributed by atoms with Crippen LogP contribution in [0, 0.1) is 10.1 Å². The number of nitrogens with zero attached hydrogens (tertiary/aromatic N) is 2. The zero-order valence-corrected chi connectivity index (χ0v) is 15.3. The van der Waals surface area contributed by atoms with Gasteiger partial charge < -0.3 is 0 Å². The van der Waals surface area contributed by atoms with Gasteiger partial charge in [-0.1, -0.05) is 0 Å². The number of hydrogen-bond acceptors (Lipinski definition) is 8. The minimum atomic E-state index is -4.04. The summed E-state index contributed by atoms with van der Waals surface area (Å²) in [6, 6.07) is 3.50. The van der Waals surface area contributed by atoms with Crippen molar-refractivity contribution in [2.45, 2.75) is 21.4 Å². The molecule has 2 heterocycles. The van der Waals surface area contributed by atoms with E-state index in [4.69, 9.17) is 5.21 Å². The van der Waals surface area contributed by atoms with E-state index in [2.05, 4.69) is 0 Å². The molecule has 3 rings (SSSR count). The van der Waals surface area contributed by atoms with Gasteiger partial charge in [0.25, 0.3) is 11.6 Å². The first-order valence-electron chi connectivity index (χ1n) is 7.27. The fraction of sp³-hybridized carbons (Fsp3) is 0.462. The van der Waals surface area contributed by atoms with Gasteiger partial charge in [0, 0.05) is 30.2 Å². The van der Waals surface area contributed by atoms with Gasteiger partial charge in [0.1, 0.15) is 6.04 Å². The maximum absolute atomic E-state index is 13.0. The molecule has 1 spiro atoms. The van der Waals surface area contributed by atoms with E-state index in [-0.39, 0.29) is 17.1 Å². The summed E-state index contributed by atoms with van der Waals surface area (Å²) in [5.41, 5.74) is 1.32. The van der Waals surface area contributed by atoms with E-state index in [0.29, 0.717) is 6.42 Å². The molecule has 1 amide bonds. The Balaban J connectivity index is 1.95. The van der Waals surface area contributed by atoms with Crippen molar-refractivity contribution in [3.63, 3.8) is 0 Å². The third-order valence-electron chi connectivity index (χ3n) is 4.13. The molecule has 0 unspecified atom stereocenters. The lowest BCUT2D eigenvalue weighted by Gasteiger charge is -2.23. The maximum atomic E-state index is 13.0. The third kappa shape index (κ3) is 3.36. The quantitative estimate of drug-likeness (QED) is 0.432. The smallest absolute Gasteiger partial charge is 0.269 e. The SMILES string of the molecule is O=C(NO)[C@@H]1CC2(CN1S(=O)(=O)c1ccc([N+](=O)[O-])cc1)SCCS2. The second-order valence-electron chi connectivity index (χ2n) is 5.60. The highest BCUT2D eigenvalue weighted by molar-refractivity contribution is 8.21. The Labute approximate surface area is 152 Å². The van der Waals surface area contributed by atoms with Crippen molar-refractivity contribution in [1.82, 2.24) is 9.79 Å². The van der Waals surface area contributed by atoms with Gasteiger partial charge in [0.2, 0.25) is 10.0 Å². The molecule has 136 valence electrons. The number of hydrogen-bond donors (Lipinski definition) is 2. The molecule has 2 aliphatic heterocycles. The van der Waals surface area contributed by atoms with E-state index in [1.165, 1.54) is 5.48 Å². The topological polar surface area (TPSA) is 130 Å². The molecule has 2 saturated heterocycles. The summed E-state index contributed by atoms with van der Waals surface area (Å²) in [5.74, 6) is 0.947. The van der Waals surface area contributed by atoms with Crippen LogP contribution in [-0.2, 0) is 14.8 Å². The van der Waals surface area contributed by atoms with Crippen LogP contribution in [-0.4, -0.2) is 56.9 Å². The molecule has 1 aromatic carbocycles. The fourth-order valence-electron chi connectivity index (χ4n) is 2.94. The van der Waals surface area contributed by atoms with E-state index in [9.17, 15) is 23.3 Å². The standard InChI is InChI=1S/C13H15N3O6S3/c17-12(14-18)11-7-13(23-5-6-24-13)8-15(11)25(21,22)10-3-1-9(2-4-10)16(19)20/h1-4,11,18H,5-8H2,(H,14,17)/t11-/m0/s1. The second-order valence-corrected chi connectivity index (χ2v) is 10.7. The lowest BCUT2D eigenvalue weighted by Crippen LogP contribution is -2.45. The summed E-state index contributed by atoms with van der Waals surface area (Å²) < 4.78 is 26.6. The first-order valence-corrected chi connectivity index (χ1v) is 10.7. The highest BCUT2D eigenvalue weighted by atomic mass is 32.2. The molecule has 0 bridgehead atoms. The summed E-state index contributed by atoms with van der Waals surface area (Å²) in [4.78, 5) is 22.0. The van der Waals surface area contributed by atoms with Crippen LogP contribution in [0.15, 0.2) is 29.2 Å². The normalized spacial score (nSPS) is 23.0. The van der Waals surface area contributed by atoms with Gasteiger partial charge in [-0.2, -0.15) is 4.31 Å². The third-order valence-corrected chi connectivity index (χ3v) is 9.42. The Morgan fingerprint density at radius 2 is 1.92 bits per heavy atom. The number of non-ortho nitro benzene ring substituents is 1. The number of thioether (sulfide) groups is 2. The van der Waals surface area contributed by atoms with Crippen LogP contribution < -0.4 is 5.48 Å². The number of carbonyl (C=O) groups excluding carboxylic acids is 1. The Kier molecular flexibility index (Phi) is 4.99. The number of hydroxylamine groups is 1. The first kappa shape index (κ1) is 18.5. The van der Waals surface area contributed by atoms with Gasteiger partial charge in [-0.05, 0) is 18.6 Å². The van der Waals surface area contributed by atoms with Crippen LogP contribution >= 0.6 is 23.5 Å². The molecule has 0 saturated carbocycles. The zero-order chi connectivity index (χ0) is 18.2. The van der Waals surface area contributed by atoms with Gasteiger partial charge in [-0.3, -0.25) is 20.1 Å². The monoisotopic (exact) mass is 405 g/mol. The van der Waals surface area contributed by atoms with Crippen molar-refractivity contribution in [2.75, 3.05) is 18.1 Å². The minimum Gasteiger partial charge on any atom is -0.289 e. The number of amides is 1. The molecule has 1 aromatic rings. The molecule has 2 N–H and O–H groups in total. The van der Waals surface area contributed by atoms with Crippen LogP contribution in [0.25, 0.3) is 0 Å². The largest absolute Gasteiger partial charge is 0.289 e. The summed E-state index contributed by atoms with van der Waals surface area (Å²) in [6.45, 7) is 0.139. The van der Waals surface area contributed by atoms with Crippen LogP contribution in [0.3, 0.4) is 0 Å². The van der Waals surface area contributed by atoms with Crippen LogP contribution in [0.1, 0.15) is 6.42 Å². The number of benzene rings is 1. The highest BCUT2D eigenvalue weighted by Gasteiger charge is 2.53. The van der Waals surface area contributed by atoms with Crippen LogP contribution in [0.5, 0.6) is 0 Å². The summed E-state index contributed by atoms with van der Waals surface area (Å²) in [7, 11) is -4.04. The van der Waals surface area contributed by atoms with E-state index in [1.54, 1.807) is 23.5 Å². The summed E-state index contributed by atoms with van der Waals surface area (Å²) in [6.07, 6.45) is 0.293. The first-order chi connectivity index (χ1) is 11.8. The summed E-state index contributed by atoms with van der Waals surface area (Å²) in [5, 5.41) is 19.7. The zero-order valence-electron chi connectivity index (χ0n) is 12.8. The molecule has 1 atom stereocenters.